The third-order valence-corrected chi connectivity index (χ3v) is 4.37. The lowest BCUT2D eigenvalue weighted by Gasteiger charge is -2.12. The Balaban J connectivity index is 2.10. The first-order valence-corrected chi connectivity index (χ1v) is 7.92. The second-order valence-electron chi connectivity index (χ2n) is 4.98. The van der Waals surface area contributed by atoms with Crippen LogP contribution in [0.1, 0.15) is 12.6 Å². The van der Waals surface area contributed by atoms with Crippen molar-refractivity contribution in [2.45, 2.75) is 12.5 Å². The summed E-state index contributed by atoms with van der Waals surface area (Å²) in [7, 11) is 0. The Hall–Kier alpha value is -1.84. The number of carboxylic acids is 1. The van der Waals surface area contributed by atoms with Crippen molar-refractivity contribution in [2.24, 2.45) is 4.99 Å². The number of carboxylic acid groups (broad SMARTS) is 1. The first kappa shape index (κ1) is 17.5. The van der Waals surface area contributed by atoms with Crippen LogP contribution in [0.2, 0.25) is 0 Å². The Morgan fingerprint density at radius 1 is 1.43 bits per heavy atom. The molecule has 2 rings (SSSR count). The lowest BCUT2D eigenvalue weighted by atomic mass is 10.1. The lowest BCUT2D eigenvalue weighted by Crippen LogP contribution is -2.33. The Labute approximate surface area is 137 Å². The van der Waals surface area contributed by atoms with Crippen LogP contribution >= 0.6 is 11.8 Å². The van der Waals surface area contributed by atoms with Crippen LogP contribution in [0.3, 0.4) is 0 Å². The molecule has 0 saturated heterocycles. The Bertz CT molecular complexity index is 609. The molecular weight excluding hydrogens is 324 g/mol. The van der Waals surface area contributed by atoms with E-state index in [2.05, 4.69) is 9.98 Å². The van der Waals surface area contributed by atoms with E-state index in [1.54, 1.807) is 0 Å². The van der Waals surface area contributed by atoms with E-state index in [0.29, 0.717) is 5.04 Å². The average molecular weight is 342 g/mol. The fourth-order valence-electron chi connectivity index (χ4n) is 1.81. The molecule has 0 aromatic carbocycles. The highest BCUT2D eigenvalue weighted by molar-refractivity contribution is 8.14. The van der Waals surface area contributed by atoms with Gasteiger partial charge in [-0.1, -0.05) is 0 Å². The van der Waals surface area contributed by atoms with E-state index in [1.807, 2.05) is 0 Å². The van der Waals surface area contributed by atoms with Gasteiger partial charge in [0.05, 0.1) is 19.8 Å². The minimum absolute atomic E-state index is 0.0654. The highest BCUT2D eigenvalue weighted by Crippen LogP contribution is 2.36. The number of rotatable bonds is 8. The number of aromatic nitrogens is 1. The van der Waals surface area contributed by atoms with Crippen LogP contribution in [0.4, 0.5) is 0 Å². The van der Waals surface area contributed by atoms with E-state index in [9.17, 15) is 15.0 Å². The van der Waals surface area contributed by atoms with E-state index >= 15 is 0 Å². The summed E-state index contributed by atoms with van der Waals surface area (Å²) in [5.41, 5.74) is -1.02. The molecule has 8 nitrogen and oxygen atoms in total. The molecule has 0 spiro atoms. The van der Waals surface area contributed by atoms with Crippen molar-refractivity contribution in [3.8, 4) is 11.5 Å². The summed E-state index contributed by atoms with van der Waals surface area (Å²) in [6, 6.07) is 1.50. The number of pyridine rings is 1. The summed E-state index contributed by atoms with van der Waals surface area (Å²) in [5.74, 6) is -0.711. The molecule has 2 heterocycles. The molecule has 0 aliphatic carbocycles. The van der Waals surface area contributed by atoms with Crippen LogP contribution in [0.15, 0.2) is 17.3 Å². The van der Waals surface area contributed by atoms with Gasteiger partial charge in [-0.3, -0.25) is 4.99 Å². The summed E-state index contributed by atoms with van der Waals surface area (Å²) in [5, 5.41) is 28.4. The van der Waals surface area contributed by atoms with E-state index in [0.717, 1.165) is 0 Å². The van der Waals surface area contributed by atoms with E-state index in [-0.39, 0.29) is 49.4 Å². The second-order valence-corrected chi connectivity index (χ2v) is 5.94. The van der Waals surface area contributed by atoms with E-state index in [1.165, 1.54) is 30.9 Å². The van der Waals surface area contributed by atoms with Crippen molar-refractivity contribution >= 4 is 22.8 Å². The quantitative estimate of drug-likeness (QED) is 0.584. The molecular formula is C14H18N2O6S. The second kappa shape index (κ2) is 7.62. The molecule has 0 saturated carbocycles. The van der Waals surface area contributed by atoms with Gasteiger partial charge < -0.3 is 24.8 Å². The lowest BCUT2D eigenvalue weighted by molar-refractivity contribution is -0.141. The van der Waals surface area contributed by atoms with Gasteiger partial charge >= 0.3 is 5.97 Å². The molecule has 23 heavy (non-hydrogen) atoms. The normalized spacial score (nSPS) is 20.3. The number of hydrogen-bond donors (Lipinski definition) is 3. The molecule has 1 atom stereocenters. The summed E-state index contributed by atoms with van der Waals surface area (Å²) < 4.78 is 10.5. The highest BCUT2D eigenvalue weighted by Gasteiger charge is 2.39. The van der Waals surface area contributed by atoms with Crippen molar-refractivity contribution in [1.82, 2.24) is 4.98 Å². The van der Waals surface area contributed by atoms with Gasteiger partial charge in [-0.25, -0.2) is 9.78 Å². The number of aliphatic hydroxyl groups is 1. The van der Waals surface area contributed by atoms with Gasteiger partial charge in [0, 0.05) is 18.0 Å². The summed E-state index contributed by atoms with van der Waals surface area (Å²) >= 11 is 1.23. The largest absolute Gasteiger partial charge is 0.503 e. The Morgan fingerprint density at radius 2 is 2.22 bits per heavy atom. The molecule has 0 fully saturated rings. The summed E-state index contributed by atoms with van der Waals surface area (Å²) in [6.07, 6.45) is 1.46. The van der Waals surface area contributed by atoms with Gasteiger partial charge in [0.15, 0.2) is 17.0 Å². The SMILES string of the molecule is CC1(C(=O)O)CSC(c2nccc(OCCOCCO)c2O)=N1. The number of aliphatic imine (C=N–C) groups is 1. The van der Waals surface area contributed by atoms with Crippen LogP contribution in [-0.4, -0.2) is 69.0 Å². The van der Waals surface area contributed by atoms with Crippen molar-refractivity contribution in [2.75, 3.05) is 32.2 Å². The van der Waals surface area contributed by atoms with E-state index < -0.39 is 11.5 Å². The third-order valence-electron chi connectivity index (χ3n) is 3.11. The zero-order valence-corrected chi connectivity index (χ0v) is 13.4. The first-order valence-electron chi connectivity index (χ1n) is 6.94. The molecule has 1 aromatic rings. The van der Waals surface area contributed by atoms with Crippen molar-refractivity contribution in [1.29, 1.82) is 0 Å². The molecule has 0 radical (unpaired) electrons. The van der Waals surface area contributed by atoms with Gasteiger partial charge in [-0.15, -0.1) is 11.8 Å². The standard InChI is InChI=1S/C14H18N2O6S/c1-14(13(19)20)8-23-12(16-14)10-11(18)9(2-3-15-10)22-7-6-21-5-4-17/h2-3,17-18H,4-8H2,1H3,(H,19,20). The van der Waals surface area contributed by atoms with Gasteiger partial charge in [0.1, 0.15) is 17.3 Å². The monoisotopic (exact) mass is 342 g/mol. The Morgan fingerprint density at radius 3 is 2.87 bits per heavy atom. The van der Waals surface area contributed by atoms with Crippen LogP contribution in [0, 0.1) is 0 Å². The van der Waals surface area contributed by atoms with Gasteiger partial charge in [0.2, 0.25) is 0 Å². The minimum Gasteiger partial charge on any atom is -0.503 e. The van der Waals surface area contributed by atoms with Gasteiger partial charge in [0.25, 0.3) is 0 Å². The fraction of sp³-hybridized carbons (Fsp3) is 0.500. The third kappa shape index (κ3) is 4.12. The molecule has 1 aromatic heterocycles. The van der Waals surface area contributed by atoms with E-state index in [4.69, 9.17) is 14.6 Å². The number of aliphatic carboxylic acids is 1. The number of nitrogens with zero attached hydrogens (tertiary/aromatic N) is 2. The topological polar surface area (TPSA) is 121 Å². The smallest absolute Gasteiger partial charge is 0.332 e. The van der Waals surface area contributed by atoms with Crippen molar-refractivity contribution < 1.29 is 29.6 Å². The first-order chi connectivity index (χ1) is 11.0. The average Bonchev–Trinajstić information content (AvgIpc) is 2.92. The number of thioether (sulfide) groups is 1. The summed E-state index contributed by atoms with van der Waals surface area (Å²) in [4.78, 5) is 19.4. The zero-order chi connectivity index (χ0) is 16.9. The molecule has 1 aliphatic heterocycles. The molecule has 0 amide bonds. The molecule has 3 N–H and O–H groups in total. The molecule has 1 aliphatic rings. The minimum atomic E-state index is -1.22. The Kier molecular flexibility index (Phi) is 5.80. The predicted molar refractivity (Wildman–Crippen MR) is 84.3 cm³/mol. The number of carbonyl (C=O) groups is 1. The van der Waals surface area contributed by atoms with Crippen molar-refractivity contribution in [3.05, 3.63) is 18.0 Å². The molecule has 9 heteroatoms. The summed E-state index contributed by atoms with van der Waals surface area (Å²) in [6.45, 7) is 2.14. The van der Waals surface area contributed by atoms with Crippen LogP contribution in [0.5, 0.6) is 11.5 Å². The fourth-order valence-corrected chi connectivity index (χ4v) is 2.97. The van der Waals surface area contributed by atoms with Crippen molar-refractivity contribution in [3.63, 3.8) is 0 Å². The van der Waals surface area contributed by atoms with Crippen LogP contribution < -0.4 is 4.74 Å². The number of aliphatic hydroxyl groups excluding tert-OH is 1. The van der Waals surface area contributed by atoms with Crippen LogP contribution in [-0.2, 0) is 9.53 Å². The van der Waals surface area contributed by atoms with Gasteiger partial charge in [-0.2, -0.15) is 0 Å². The maximum atomic E-state index is 11.2. The van der Waals surface area contributed by atoms with Crippen LogP contribution in [0.25, 0.3) is 0 Å². The number of hydrogen-bond acceptors (Lipinski definition) is 8. The predicted octanol–water partition coefficient (Wildman–Crippen LogP) is 0.512. The highest BCUT2D eigenvalue weighted by atomic mass is 32.2. The van der Waals surface area contributed by atoms with Gasteiger partial charge in [-0.05, 0) is 6.92 Å². The molecule has 0 bridgehead atoms. The molecule has 1 unspecified atom stereocenters. The number of aromatic hydroxyl groups is 1. The maximum absolute atomic E-state index is 11.2. The maximum Gasteiger partial charge on any atom is 0.332 e. The number of ether oxygens (including phenoxy) is 2. The zero-order valence-electron chi connectivity index (χ0n) is 12.6. The molecule has 126 valence electrons.